The summed E-state index contributed by atoms with van der Waals surface area (Å²) < 4.78 is 5.75. The molecule has 0 saturated heterocycles. The molecule has 3 nitrogen and oxygen atoms in total. The zero-order valence-electron chi connectivity index (χ0n) is 13.0. The lowest BCUT2D eigenvalue weighted by molar-refractivity contribution is 0.107. The summed E-state index contributed by atoms with van der Waals surface area (Å²) in [5.74, 6) is 1.38. The van der Waals surface area contributed by atoms with Crippen molar-refractivity contribution in [1.29, 1.82) is 0 Å². The Labute approximate surface area is 122 Å². The Morgan fingerprint density at radius 2 is 2.05 bits per heavy atom. The van der Waals surface area contributed by atoms with E-state index in [1.54, 1.807) is 0 Å². The molecule has 2 rings (SSSR count). The van der Waals surface area contributed by atoms with Crippen LogP contribution in [0.3, 0.4) is 0 Å². The van der Waals surface area contributed by atoms with Gasteiger partial charge in [-0.05, 0) is 17.9 Å². The number of hydrogen-bond donors (Lipinski definition) is 2. The van der Waals surface area contributed by atoms with Gasteiger partial charge in [-0.15, -0.1) is 0 Å². The molecule has 0 fully saturated rings. The van der Waals surface area contributed by atoms with Crippen LogP contribution in [0, 0.1) is 11.3 Å². The highest BCUT2D eigenvalue weighted by Crippen LogP contribution is 2.35. The molecule has 3 heteroatoms. The van der Waals surface area contributed by atoms with Crippen LogP contribution in [0.25, 0.3) is 0 Å². The van der Waals surface area contributed by atoms with E-state index in [-0.39, 0.29) is 17.6 Å². The molecule has 3 unspecified atom stereocenters. The molecule has 0 amide bonds. The predicted molar refractivity (Wildman–Crippen MR) is 81.9 cm³/mol. The van der Waals surface area contributed by atoms with Crippen molar-refractivity contribution < 1.29 is 9.84 Å². The molecule has 3 atom stereocenters. The molecule has 0 saturated carbocycles. The number of nitrogens with one attached hydrogen (secondary N) is 1. The maximum Gasteiger partial charge on any atom is 0.124 e. The minimum atomic E-state index is -0.308. The van der Waals surface area contributed by atoms with Crippen molar-refractivity contribution in [3.05, 3.63) is 29.8 Å². The molecule has 1 aromatic carbocycles. The summed E-state index contributed by atoms with van der Waals surface area (Å²) in [5, 5.41) is 13.7. The van der Waals surface area contributed by atoms with Crippen LogP contribution in [0.5, 0.6) is 5.75 Å². The van der Waals surface area contributed by atoms with E-state index in [9.17, 15) is 5.11 Å². The van der Waals surface area contributed by atoms with Gasteiger partial charge in [-0.2, -0.15) is 0 Å². The minimum Gasteiger partial charge on any atom is -0.493 e. The summed E-state index contributed by atoms with van der Waals surface area (Å²) in [4.78, 5) is 0. The van der Waals surface area contributed by atoms with Crippen molar-refractivity contribution in [3.8, 4) is 5.75 Å². The van der Waals surface area contributed by atoms with Gasteiger partial charge in [0.25, 0.3) is 0 Å². The second-order valence-corrected chi connectivity index (χ2v) is 7.13. The van der Waals surface area contributed by atoms with Crippen molar-refractivity contribution in [3.63, 3.8) is 0 Å². The molecule has 1 aromatic rings. The van der Waals surface area contributed by atoms with E-state index in [0.717, 1.165) is 18.8 Å². The van der Waals surface area contributed by atoms with E-state index < -0.39 is 0 Å². The summed E-state index contributed by atoms with van der Waals surface area (Å²) in [7, 11) is 0. The minimum absolute atomic E-state index is 0.153. The Morgan fingerprint density at radius 3 is 2.75 bits per heavy atom. The molecule has 1 heterocycles. The highest BCUT2D eigenvalue weighted by atomic mass is 16.5. The normalized spacial score (nSPS) is 23.9. The third-order valence-corrected chi connectivity index (χ3v) is 3.75. The second-order valence-electron chi connectivity index (χ2n) is 7.13. The molecule has 0 bridgehead atoms. The molecular formula is C17H27NO2. The zero-order valence-corrected chi connectivity index (χ0v) is 13.0. The van der Waals surface area contributed by atoms with E-state index >= 15 is 0 Å². The van der Waals surface area contributed by atoms with Crippen LogP contribution in [0.2, 0.25) is 0 Å². The SMILES string of the molecule is CC1COc2ccccc2C1NCC(O)CC(C)(C)C. The standard InChI is InChI=1S/C17H27NO2/c1-12-11-20-15-8-6-5-7-14(15)16(12)18-10-13(19)9-17(2,3)4/h5-8,12-13,16,18-19H,9-11H2,1-4H3. The maximum atomic E-state index is 10.2. The second kappa shape index (κ2) is 6.15. The lowest BCUT2D eigenvalue weighted by Crippen LogP contribution is -2.38. The fraction of sp³-hybridized carbons (Fsp3) is 0.647. The molecule has 2 N–H and O–H groups in total. The summed E-state index contributed by atoms with van der Waals surface area (Å²) in [6.45, 7) is 10.0. The third-order valence-electron chi connectivity index (χ3n) is 3.75. The van der Waals surface area contributed by atoms with Gasteiger partial charge >= 0.3 is 0 Å². The Hall–Kier alpha value is -1.06. The average molecular weight is 277 g/mol. The number of para-hydroxylation sites is 1. The summed E-state index contributed by atoms with van der Waals surface area (Å²) in [6.07, 6.45) is 0.497. The van der Waals surface area contributed by atoms with E-state index in [4.69, 9.17) is 4.74 Å². The molecule has 0 aliphatic carbocycles. The van der Waals surface area contributed by atoms with Crippen molar-refractivity contribution >= 4 is 0 Å². The Morgan fingerprint density at radius 1 is 1.35 bits per heavy atom. The van der Waals surface area contributed by atoms with Crippen LogP contribution in [0.4, 0.5) is 0 Å². The molecule has 0 spiro atoms. The molecule has 0 aromatic heterocycles. The van der Waals surface area contributed by atoms with Gasteiger partial charge in [0.1, 0.15) is 5.75 Å². The van der Waals surface area contributed by atoms with Crippen molar-refractivity contribution in [2.45, 2.75) is 46.3 Å². The van der Waals surface area contributed by atoms with Crippen LogP contribution in [-0.2, 0) is 0 Å². The van der Waals surface area contributed by atoms with Crippen LogP contribution < -0.4 is 10.1 Å². The first-order chi connectivity index (χ1) is 9.37. The molecule has 20 heavy (non-hydrogen) atoms. The number of aliphatic hydroxyl groups is 1. The van der Waals surface area contributed by atoms with Crippen LogP contribution >= 0.6 is 0 Å². The quantitative estimate of drug-likeness (QED) is 0.888. The predicted octanol–water partition coefficient (Wildman–Crippen LogP) is 3.14. The van der Waals surface area contributed by atoms with E-state index in [1.807, 2.05) is 18.2 Å². The van der Waals surface area contributed by atoms with Gasteiger partial charge in [-0.25, -0.2) is 0 Å². The number of aliphatic hydroxyl groups excluding tert-OH is 1. The van der Waals surface area contributed by atoms with Gasteiger partial charge in [0.2, 0.25) is 0 Å². The number of hydrogen-bond acceptors (Lipinski definition) is 3. The lowest BCUT2D eigenvalue weighted by atomic mass is 9.88. The molecule has 1 aliphatic rings. The number of ether oxygens (including phenoxy) is 1. The average Bonchev–Trinajstić information content (AvgIpc) is 2.35. The van der Waals surface area contributed by atoms with Gasteiger partial charge in [0.05, 0.1) is 12.7 Å². The topological polar surface area (TPSA) is 41.5 Å². The monoisotopic (exact) mass is 277 g/mol. The van der Waals surface area contributed by atoms with Crippen molar-refractivity contribution in [2.75, 3.05) is 13.2 Å². The molecule has 112 valence electrons. The van der Waals surface area contributed by atoms with Crippen LogP contribution in [-0.4, -0.2) is 24.4 Å². The van der Waals surface area contributed by atoms with Crippen LogP contribution in [0.1, 0.15) is 45.7 Å². The first kappa shape index (κ1) is 15.3. The van der Waals surface area contributed by atoms with Gasteiger partial charge in [-0.1, -0.05) is 45.9 Å². The molecule has 1 aliphatic heterocycles. The van der Waals surface area contributed by atoms with Gasteiger partial charge in [-0.3, -0.25) is 0 Å². The highest BCUT2D eigenvalue weighted by molar-refractivity contribution is 5.37. The van der Waals surface area contributed by atoms with Gasteiger partial charge < -0.3 is 15.2 Å². The first-order valence-electron chi connectivity index (χ1n) is 7.50. The lowest BCUT2D eigenvalue weighted by Gasteiger charge is -2.33. The summed E-state index contributed by atoms with van der Waals surface area (Å²) in [6, 6.07) is 8.43. The van der Waals surface area contributed by atoms with E-state index in [1.165, 1.54) is 5.56 Å². The fourth-order valence-corrected chi connectivity index (χ4v) is 2.85. The fourth-order valence-electron chi connectivity index (χ4n) is 2.85. The van der Waals surface area contributed by atoms with Gasteiger partial charge in [0.15, 0.2) is 0 Å². The molecule has 0 radical (unpaired) electrons. The summed E-state index contributed by atoms with van der Waals surface area (Å²) in [5.41, 5.74) is 1.36. The largest absolute Gasteiger partial charge is 0.493 e. The first-order valence-corrected chi connectivity index (χ1v) is 7.50. The smallest absolute Gasteiger partial charge is 0.124 e. The van der Waals surface area contributed by atoms with E-state index in [2.05, 4.69) is 39.1 Å². The number of rotatable bonds is 4. The van der Waals surface area contributed by atoms with Crippen molar-refractivity contribution in [2.24, 2.45) is 11.3 Å². The Balaban J connectivity index is 1.99. The summed E-state index contributed by atoms with van der Waals surface area (Å²) >= 11 is 0. The number of fused-ring (bicyclic) bond motifs is 1. The molecular weight excluding hydrogens is 250 g/mol. The highest BCUT2D eigenvalue weighted by Gasteiger charge is 2.28. The maximum absolute atomic E-state index is 10.2. The Bertz CT molecular complexity index is 439. The third kappa shape index (κ3) is 3.97. The van der Waals surface area contributed by atoms with Crippen LogP contribution in [0.15, 0.2) is 24.3 Å². The zero-order chi connectivity index (χ0) is 14.8. The van der Waals surface area contributed by atoms with E-state index in [0.29, 0.717) is 12.5 Å². The van der Waals surface area contributed by atoms with Gasteiger partial charge in [0, 0.05) is 24.1 Å². The number of benzene rings is 1. The van der Waals surface area contributed by atoms with Crippen molar-refractivity contribution in [1.82, 2.24) is 5.32 Å². The Kier molecular flexibility index (Phi) is 4.71.